The molecule has 3 aromatic heterocycles. The van der Waals surface area contributed by atoms with E-state index in [1.54, 1.807) is 6.20 Å². The van der Waals surface area contributed by atoms with Gasteiger partial charge in [-0.3, -0.25) is 19.1 Å². The van der Waals surface area contributed by atoms with Gasteiger partial charge in [0.2, 0.25) is 5.91 Å². The van der Waals surface area contributed by atoms with Gasteiger partial charge in [0.1, 0.15) is 17.2 Å². The van der Waals surface area contributed by atoms with Crippen LogP contribution in [0.4, 0.5) is 5.82 Å². The molecule has 0 saturated carbocycles. The molecule has 0 aliphatic rings. The molecular weight excluding hydrogens is 324 g/mol. The van der Waals surface area contributed by atoms with E-state index in [9.17, 15) is 14.4 Å². The van der Waals surface area contributed by atoms with Crippen LogP contribution in [0.15, 0.2) is 21.9 Å². The summed E-state index contributed by atoms with van der Waals surface area (Å²) in [5.41, 5.74) is 1.33. The number of anilines is 1. The number of carbonyl (C=O) groups excluding carboxylic acids is 1. The van der Waals surface area contributed by atoms with E-state index in [0.717, 1.165) is 11.1 Å². The molecular formula is C16H18N6O3. The third-order valence-corrected chi connectivity index (χ3v) is 3.87. The summed E-state index contributed by atoms with van der Waals surface area (Å²) in [6.07, 6.45) is 2.16. The number of amides is 1. The van der Waals surface area contributed by atoms with Gasteiger partial charge in [-0.1, -0.05) is 6.07 Å². The first kappa shape index (κ1) is 16.6. The highest BCUT2D eigenvalue weighted by atomic mass is 16.2. The second-order valence-electron chi connectivity index (χ2n) is 5.93. The van der Waals surface area contributed by atoms with Crippen molar-refractivity contribution in [2.24, 2.45) is 7.05 Å². The van der Waals surface area contributed by atoms with Gasteiger partial charge in [0, 0.05) is 26.1 Å². The van der Waals surface area contributed by atoms with Gasteiger partial charge in [-0.2, -0.15) is 0 Å². The first-order valence-electron chi connectivity index (χ1n) is 7.76. The number of fused-ring (bicyclic) bond motifs is 1. The highest BCUT2D eigenvalue weighted by Gasteiger charge is 2.12. The number of hydrogen-bond donors (Lipinski definition) is 3. The Morgan fingerprint density at radius 3 is 2.76 bits per heavy atom. The molecule has 0 unspecified atom stereocenters. The number of carbonyl (C=O) groups is 1. The van der Waals surface area contributed by atoms with Gasteiger partial charge in [-0.05, 0) is 25.0 Å². The van der Waals surface area contributed by atoms with Crippen LogP contribution in [0.25, 0.3) is 11.2 Å². The molecule has 9 heteroatoms. The zero-order chi connectivity index (χ0) is 18.1. The molecule has 0 atom stereocenters. The molecule has 0 saturated heterocycles. The van der Waals surface area contributed by atoms with E-state index in [-0.39, 0.29) is 23.5 Å². The van der Waals surface area contributed by atoms with Crippen molar-refractivity contribution in [1.82, 2.24) is 24.5 Å². The maximum atomic E-state index is 12.1. The summed E-state index contributed by atoms with van der Waals surface area (Å²) in [5, 5.41) is 2.76. The van der Waals surface area contributed by atoms with E-state index in [1.807, 2.05) is 19.9 Å². The predicted octanol–water partition coefficient (Wildman–Crippen LogP) is 0.533. The predicted molar refractivity (Wildman–Crippen MR) is 92.6 cm³/mol. The Kier molecular flexibility index (Phi) is 4.22. The number of pyridine rings is 1. The van der Waals surface area contributed by atoms with Crippen LogP contribution >= 0.6 is 0 Å². The summed E-state index contributed by atoms with van der Waals surface area (Å²) in [7, 11) is 1.52. The molecule has 0 radical (unpaired) electrons. The molecule has 0 aliphatic heterocycles. The minimum atomic E-state index is -0.533. The maximum absolute atomic E-state index is 12.1. The number of aromatic amines is 2. The first-order chi connectivity index (χ1) is 11.8. The fourth-order valence-electron chi connectivity index (χ4n) is 2.54. The molecule has 3 N–H and O–H groups in total. The van der Waals surface area contributed by atoms with Gasteiger partial charge in [0.05, 0.1) is 0 Å². The number of rotatable bonds is 4. The average Bonchev–Trinajstić information content (AvgIpc) is 2.99. The number of imidazole rings is 1. The quantitative estimate of drug-likeness (QED) is 0.638. The van der Waals surface area contributed by atoms with Crippen LogP contribution in [0, 0.1) is 13.8 Å². The van der Waals surface area contributed by atoms with Gasteiger partial charge in [0.15, 0.2) is 5.65 Å². The van der Waals surface area contributed by atoms with Crippen LogP contribution in [-0.2, 0) is 18.3 Å². The molecule has 0 bridgehead atoms. The minimum absolute atomic E-state index is 0.167. The maximum Gasteiger partial charge on any atom is 0.329 e. The molecule has 1 amide bonds. The van der Waals surface area contributed by atoms with Crippen LogP contribution in [-0.4, -0.2) is 30.4 Å². The molecule has 0 aliphatic carbocycles. The zero-order valence-corrected chi connectivity index (χ0v) is 14.1. The number of hydrogen-bond acceptors (Lipinski definition) is 5. The Morgan fingerprint density at radius 1 is 1.28 bits per heavy atom. The van der Waals surface area contributed by atoms with Crippen molar-refractivity contribution in [2.75, 3.05) is 5.32 Å². The minimum Gasteiger partial charge on any atom is -0.336 e. The smallest absolute Gasteiger partial charge is 0.329 e. The van der Waals surface area contributed by atoms with Crippen LogP contribution in [0.3, 0.4) is 0 Å². The highest BCUT2D eigenvalue weighted by molar-refractivity contribution is 5.90. The number of H-pyrrole nitrogens is 2. The standard InChI is InChI=1S/C16H18N6O3/c1-8-6-9(2)13(17-7-8)20-11(23)5-4-10-18-12-14(19-10)22(3)16(25)21-15(12)24/h6-7H,4-5H2,1-3H3,(H,18,19)(H,17,20,23)(H,21,24,25). The van der Waals surface area contributed by atoms with E-state index in [4.69, 9.17) is 0 Å². The zero-order valence-electron chi connectivity index (χ0n) is 14.1. The summed E-state index contributed by atoms with van der Waals surface area (Å²) >= 11 is 0. The molecule has 0 spiro atoms. The third kappa shape index (κ3) is 3.35. The van der Waals surface area contributed by atoms with Crippen LogP contribution < -0.4 is 16.6 Å². The molecule has 3 aromatic rings. The molecule has 25 heavy (non-hydrogen) atoms. The van der Waals surface area contributed by atoms with Crippen LogP contribution in [0.2, 0.25) is 0 Å². The normalized spacial score (nSPS) is 11.0. The molecule has 0 fully saturated rings. The second-order valence-corrected chi connectivity index (χ2v) is 5.93. The Labute approximate surface area is 142 Å². The van der Waals surface area contributed by atoms with Gasteiger partial charge in [-0.25, -0.2) is 14.8 Å². The van der Waals surface area contributed by atoms with E-state index >= 15 is 0 Å². The lowest BCUT2D eigenvalue weighted by Crippen LogP contribution is -2.28. The van der Waals surface area contributed by atoms with Gasteiger partial charge in [-0.15, -0.1) is 0 Å². The Morgan fingerprint density at radius 2 is 2.04 bits per heavy atom. The van der Waals surface area contributed by atoms with Crippen molar-refractivity contribution in [1.29, 1.82) is 0 Å². The summed E-state index contributed by atoms with van der Waals surface area (Å²) in [4.78, 5) is 49.0. The van der Waals surface area contributed by atoms with Gasteiger partial charge >= 0.3 is 5.69 Å². The topological polar surface area (TPSA) is 126 Å². The average molecular weight is 342 g/mol. The van der Waals surface area contributed by atoms with Crippen LogP contribution in [0.1, 0.15) is 23.4 Å². The molecule has 9 nitrogen and oxygen atoms in total. The second kappa shape index (κ2) is 6.34. The summed E-state index contributed by atoms with van der Waals surface area (Å²) in [6.45, 7) is 3.81. The fraction of sp³-hybridized carbons (Fsp3) is 0.312. The first-order valence-corrected chi connectivity index (χ1v) is 7.76. The molecule has 130 valence electrons. The summed E-state index contributed by atoms with van der Waals surface area (Å²) in [6, 6.07) is 1.94. The van der Waals surface area contributed by atoms with E-state index in [2.05, 4.69) is 25.3 Å². The summed E-state index contributed by atoms with van der Waals surface area (Å²) in [5.74, 6) is 0.784. The number of nitrogens with one attached hydrogen (secondary N) is 3. The van der Waals surface area contributed by atoms with Crippen molar-refractivity contribution in [3.05, 3.63) is 50.1 Å². The van der Waals surface area contributed by atoms with Crippen LogP contribution in [0.5, 0.6) is 0 Å². The molecule has 0 aromatic carbocycles. The Hall–Kier alpha value is -3.23. The number of aryl methyl sites for hydroxylation is 4. The monoisotopic (exact) mass is 342 g/mol. The Bertz CT molecular complexity index is 1080. The van der Waals surface area contributed by atoms with Crippen molar-refractivity contribution < 1.29 is 4.79 Å². The largest absolute Gasteiger partial charge is 0.336 e. The summed E-state index contributed by atoms with van der Waals surface area (Å²) < 4.78 is 1.25. The van der Waals surface area contributed by atoms with E-state index in [0.29, 0.717) is 18.1 Å². The van der Waals surface area contributed by atoms with Gasteiger partial charge in [0.25, 0.3) is 5.56 Å². The number of nitrogens with zero attached hydrogens (tertiary/aromatic N) is 3. The lowest BCUT2D eigenvalue weighted by molar-refractivity contribution is -0.116. The van der Waals surface area contributed by atoms with Crippen molar-refractivity contribution in [3.63, 3.8) is 0 Å². The van der Waals surface area contributed by atoms with E-state index in [1.165, 1.54) is 11.6 Å². The molecule has 3 heterocycles. The van der Waals surface area contributed by atoms with Crippen molar-refractivity contribution in [3.8, 4) is 0 Å². The van der Waals surface area contributed by atoms with Crippen molar-refractivity contribution >= 4 is 22.9 Å². The highest BCUT2D eigenvalue weighted by Crippen LogP contribution is 2.13. The third-order valence-electron chi connectivity index (χ3n) is 3.87. The Balaban J connectivity index is 1.73. The number of aromatic nitrogens is 5. The van der Waals surface area contributed by atoms with Crippen molar-refractivity contribution in [2.45, 2.75) is 26.7 Å². The van der Waals surface area contributed by atoms with E-state index < -0.39 is 11.2 Å². The molecule has 3 rings (SSSR count). The fourth-order valence-corrected chi connectivity index (χ4v) is 2.54. The van der Waals surface area contributed by atoms with Gasteiger partial charge < -0.3 is 10.3 Å². The lowest BCUT2D eigenvalue weighted by Gasteiger charge is -2.07. The lowest BCUT2D eigenvalue weighted by atomic mass is 10.2. The SMILES string of the molecule is Cc1cnc(NC(=O)CCc2nc3c([nH]2)c(=O)[nH]c(=O)n3C)c(C)c1.